The summed E-state index contributed by atoms with van der Waals surface area (Å²) >= 11 is 3.40. The summed E-state index contributed by atoms with van der Waals surface area (Å²) in [6.45, 7) is 9.35. The van der Waals surface area contributed by atoms with Crippen LogP contribution in [0.3, 0.4) is 0 Å². The zero-order chi connectivity index (χ0) is 21.4. The van der Waals surface area contributed by atoms with Gasteiger partial charge in [0.2, 0.25) is 0 Å². The molecule has 0 unspecified atom stereocenters. The number of hydrogen-bond acceptors (Lipinski definition) is 4. The molecule has 154 valence electrons. The molecule has 1 amide bonds. The van der Waals surface area contributed by atoms with Gasteiger partial charge < -0.3 is 14.8 Å². The zero-order valence-corrected chi connectivity index (χ0v) is 18.5. The summed E-state index contributed by atoms with van der Waals surface area (Å²) in [6.07, 6.45) is -0.871. The number of carbonyl (C=O) groups excluding carboxylic acids is 2. The van der Waals surface area contributed by atoms with Crippen LogP contribution in [0.25, 0.3) is 0 Å². The molecule has 0 aliphatic heterocycles. The van der Waals surface area contributed by atoms with Crippen LogP contribution in [0.15, 0.2) is 71.2 Å². The Morgan fingerprint density at radius 2 is 1.72 bits per heavy atom. The predicted octanol–water partition coefficient (Wildman–Crippen LogP) is 5.49. The molecule has 1 atom stereocenters. The highest BCUT2D eigenvalue weighted by molar-refractivity contribution is 9.10. The van der Waals surface area contributed by atoms with Crippen molar-refractivity contribution in [3.05, 3.63) is 82.3 Å². The fraction of sp³-hybridized carbons (Fsp3) is 0.304. The average molecular weight is 460 g/mol. The molecule has 0 heterocycles. The highest BCUT2D eigenvalue weighted by atomic mass is 79.9. The molecule has 2 aromatic rings. The van der Waals surface area contributed by atoms with E-state index in [9.17, 15) is 9.59 Å². The highest BCUT2D eigenvalue weighted by Crippen LogP contribution is 2.32. The Morgan fingerprint density at radius 3 is 2.28 bits per heavy atom. The van der Waals surface area contributed by atoms with Crippen molar-refractivity contribution in [3.8, 4) is 0 Å². The maximum Gasteiger partial charge on any atom is 0.408 e. The van der Waals surface area contributed by atoms with Crippen molar-refractivity contribution < 1.29 is 19.1 Å². The minimum Gasteiger partial charge on any atom is -0.461 e. The number of ether oxygens (including phenoxy) is 2. The van der Waals surface area contributed by atoms with Gasteiger partial charge in [-0.15, -0.1) is 6.58 Å². The molecule has 29 heavy (non-hydrogen) atoms. The van der Waals surface area contributed by atoms with Gasteiger partial charge in [-0.2, -0.15) is 0 Å². The lowest BCUT2D eigenvalue weighted by atomic mass is 9.84. The lowest BCUT2D eigenvalue weighted by molar-refractivity contribution is -0.156. The topological polar surface area (TPSA) is 64.6 Å². The van der Waals surface area contributed by atoms with E-state index in [1.54, 1.807) is 32.9 Å². The molecule has 2 rings (SSSR count). The maximum absolute atomic E-state index is 13.2. The van der Waals surface area contributed by atoms with E-state index in [1.165, 1.54) is 0 Å². The van der Waals surface area contributed by atoms with Gasteiger partial charge in [0.1, 0.15) is 6.61 Å². The number of benzene rings is 2. The second-order valence-electron chi connectivity index (χ2n) is 7.19. The molecule has 0 bridgehead atoms. The monoisotopic (exact) mass is 459 g/mol. The maximum atomic E-state index is 13.2. The van der Waals surface area contributed by atoms with Gasteiger partial charge in [0.05, 0.1) is 6.10 Å². The molecule has 0 aliphatic carbocycles. The Kier molecular flexibility index (Phi) is 8.02. The fourth-order valence-corrected chi connectivity index (χ4v) is 3.16. The van der Waals surface area contributed by atoms with Crippen molar-refractivity contribution in [1.29, 1.82) is 0 Å². The third-order valence-corrected chi connectivity index (χ3v) is 4.65. The van der Waals surface area contributed by atoms with Crippen LogP contribution < -0.4 is 5.32 Å². The molecule has 0 saturated heterocycles. The lowest BCUT2D eigenvalue weighted by Crippen LogP contribution is -2.53. The van der Waals surface area contributed by atoms with Gasteiger partial charge in [-0.1, -0.05) is 64.0 Å². The van der Waals surface area contributed by atoms with Gasteiger partial charge in [-0.3, -0.25) is 0 Å². The van der Waals surface area contributed by atoms with Crippen LogP contribution in [0.2, 0.25) is 0 Å². The largest absolute Gasteiger partial charge is 0.461 e. The van der Waals surface area contributed by atoms with Crippen LogP contribution in [-0.2, 0) is 26.4 Å². The third-order valence-electron chi connectivity index (χ3n) is 4.12. The van der Waals surface area contributed by atoms with E-state index in [1.807, 2.05) is 42.5 Å². The number of esters is 1. The standard InChI is InChI=1S/C23H26BrNO4/c1-16(2)14-23(21(26)29-17(3)4,19-10-12-20(24)13-11-19)25-22(27)28-15-18-8-6-5-7-9-18/h5-13,17H,1,14-15H2,2-4H3,(H,25,27)/t23-/m1/s1. The van der Waals surface area contributed by atoms with E-state index >= 15 is 0 Å². The van der Waals surface area contributed by atoms with Crippen molar-refractivity contribution in [2.24, 2.45) is 0 Å². The minimum absolute atomic E-state index is 0.0926. The summed E-state index contributed by atoms with van der Waals surface area (Å²) in [7, 11) is 0. The number of alkyl carbamates (subject to hydrolysis) is 1. The van der Waals surface area contributed by atoms with Gasteiger partial charge >= 0.3 is 12.1 Å². The first kappa shape index (κ1) is 22.7. The number of rotatable bonds is 8. The second-order valence-corrected chi connectivity index (χ2v) is 8.10. The second kappa shape index (κ2) is 10.3. The molecule has 0 aliphatic rings. The molecular weight excluding hydrogens is 434 g/mol. The van der Waals surface area contributed by atoms with Crippen LogP contribution in [0.1, 0.15) is 38.3 Å². The van der Waals surface area contributed by atoms with Gasteiger partial charge in [0, 0.05) is 10.9 Å². The normalized spacial score (nSPS) is 12.7. The number of hydrogen-bond donors (Lipinski definition) is 1. The van der Waals surface area contributed by atoms with Crippen LogP contribution in [0.5, 0.6) is 0 Å². The van der Waals surface area contributed by atoms with Gasteiger partial charge in [0.15, 0.2) is 5.54 Å². The fourth-order valence-electron chi connectivity index (χ4n) is 2.89. The number of amides is 1. The zero-order valence-electron chi connectivity index (χ0n) is 16.9. The first-order chi connectivity index (χ1) is 13.7. The molecule has 5 nitrogen and oxygen atoms in total. The summed E-state index contributed by atoms with van der Waals surface area (Å²) in [5.41, 5.74) is 0.717. The number of carbonyl (C=O) groups is 2. The van der Waals surface area contributed by atoms with E-state index in [0.29, 0.717) is 5.56 Å². The third kappa shape index (κ3) is 6.46. The van der Waals surface area contributed by atoms with Crippen LogP contribution in [0, 0.1) is 0 Å². The average Bonchev–Trinajstić information content (AvgIpc) is 2.66. The molecular formula is C23H26BrNO4. The Labute approximate surface area is 180 Å². The first-order valence-electron chi connectivity index (χ1n) is 9.33. The van der Waals surface area contributed by atoms with Crippen LogP contribution in [-0.4, -0.2) is 18.2 Å². The molecule has 0 saturated carbocycles. The summed E-state index contributed by atoms with van der Waals surface area (Å²) in [5.74, 6) is -0.561. The van der Waals surface area contributed by atoms with Crippen LogP contribution >= 0.6 is 15.9 Å². The summed E-state index contributed by atoms with van der Waals surface area (Å²) in [5, 5.41) is 2.76. The van der Waals surface area contributed by atoms with Crippen molar-refractivity contribution >= 4 is 28.0 Å². The molecule has 0 spiro atoms. The van der Waals surface area contributed by atoms with Crippen molar-refractivity contribution in [2.45, 2.75) is 45.4 Å². The molecule has 2 aromatic carbocycles. The quantitative estimate of drug-likeness (QED) is 0.418. The van der Waals surface area contributed by atoms with E-state index in [-0.39, 0.29) is 19.1 Å². The van der Waals surface area contributed by atoms with E-state index in [2.05, 4.69) is 27.8 Å². The van der Waals surface area contributed by atoms with Gasteiger partial charge in [-0.25, -0.2) is 9.59 Å². The smallest absolute Gasteiger partial charge is 0.408 e. The highest BCUT2D eigenvalue weighted by Gasteiger charge is 2.44. The van der Waals surface area contributed by atoms with Gasteiger partial charge in [0.25, 0.3) is 0 Å². The summed E-state index contributed by atoms with van der Waals surface area (Å²) in [6, 6.07) is 16.5. The summed E-state index contributed by atoms with van der Waals surface area (Å²) < 4.78 is 11.7. The van der Waals surface area contributed by atoms with Crippen LogP contribution in [0.4, 0.5) is 4.79 Å². The van der Waals surface area contributed by atoms with E-state index in [0.717, 1.165) is 15.6 Å². The van der Waals surface area contributed by atoms with E-state index < -0.39 is 17.6 Å². The van der Waals surface area contributed by atoms with Crippen molar-refractivity contribution in [2.75, 3.05) is 0 Å². The summed E-state index contributed by atoms with van der Waals surface area (Å²) in [4.78, 5) is 25.8. The first-order valence-corrected chi connectivity index (χ1v) is 10.1. The Morgan fingerprint density at radius 1 is 1.10 bits per heavy atom. The SMILES string of the molecule is C=C(C)C[C@](NC(=O)OCc1ccccc1)(C(=O)OC(C)C)c1ccc(Br)cc1. The number of nitrogens with one attached hydrogen (secondary N) is 1. The number of halogens is 1. The Hall–Kier alpha value is -2.60. The predicted molar refractivity (Wildman–Crippen MR) is 116 cm³/mol. The Balaban J connectivity index is 2.35. The molecule has 0 radical (unpaired) electrons. The van der Waals surface area contributed by atoms with Gasteiger partial charge in [-0.05, 0) is 44.0 Å². The molecule has 0 aromatic heterocycles. The van der Waals surface area contributed by atoms with E-state index in [4.69, 9.17) is 9.47 Å². The Bertz CT molecular complexity index is 849. The minimum atomic E-state index is -1.44. The van der Waals surface area contributed by atoms with Crippen molar-refractivity contribution in [3.63, 3.8) is 0 Å². The molecule has 1 N–H and O–H groups in total. The van der Waals surface area contributed by atoms with Crippen molar-refractivity contribution in [1.82, 2.24) is 5.32 Å². The molecule has 0 fully saturated rings. The molecule has 6 heteroatoms. The lowest BCUT2D eigenvalue weighted by Gasteiger charge is -2.33.